The van der Waals surface area contributed by atoms with Crippen molar-refractivity contribution >= 4 is 27.1 Å². The molecule has 0 bridgehead atoms. The van der Waals surface area contributed by atoms with Crippen LogP contribution in [0.5, 0.6) is 0 Å². The van der Waals surface area contributed by atoms with E-state index in [1.807, 2.05) is 0 Å². The van der Waals surface area contributed by atoms with Crippen molar-refractivity contribution in [1.82, 2.24) is 14.7 Å². The lowest BCUT2D eigenvalue weighted by molar-refractivity contribution is 0.380. The van der Waals surface area contributed by atoms with Gasteiger partial charge in [0.25, 0.3) is 16.0 Å². The number of aromatic nitrogens is 3. The van der Waals surface area contributed by atoms with Crippen LogP contribution in [0.25, 0.3) is 11.1 Å². The van der Waals surface area contributed by atoms with Gasteiger partial charge in [0.2, 0.25) is 5.89 Å². The van der Waals surface area contributed by atoms with Gasteiger partial charge in [-0.2, -0.15) is 4.98 Å². The van der Waals surface area contributed by atoms with E-state index in [0.29, 0.717) is 11.4 Å². The smallest absolute Gasteiger partial charge is 0.408 e. The number of oxazole rings is 1. The molecule has 2 aromatic heterocycles. The molecule has 3 aromatic rings. The molecule has 9 nitrogen and oxygen atoms in total. The SMILES string of the molecule is Cn1c(=O)oc2cc(S(=O)(=O)Nc3noc(C4CC4)n3)ccc21. The van der Waals surface area contributed by atoms with E-state index in [2.05, 4.69) is 14.9 Å². The van der Waals surface area contributed by atoms with Gasteiger partial charge in [0.05, 0.1) is 10.4 Å². The number of anilines is 1. The summed E-state index contributed by atoms with van der Waals surface area (Å²) in [7, 11) is -2.37. The van der Waals surface area contributed by atoms with Crippen LogP contribution < -0.4 is 10.5 Å². The molecular formula is C13H12N4O5S. The third-order valence-corrected chi connectivity index (χ3v) is 4.99. The summed E-state index contributed by atoms with van der Waals surface area (Å²) >= 11 is 0. The number of fused-ring (bicyclic) bond motifs is 1. The molecule has 0 amide bonds. The zero-order valence-corrected chi connectivity index (χ0v) is 12.8. The Balaban J connectivity index is 1.68. The maximum atomic E-state index is 12.4. The predicted octanol–water partition coefficient (Wildman–Crippen LogP) is 1.19. The number of sulfonamides is 1. The molecule has 2 heterocycles. The van der Waals surface area contributed by atoms with Crippen molar-refractivity contribution in [3.05, 3.63) is 34.6 Å². The van der Waals surface area contributed by atoms with E-state index in [9.17, 15) is 13.2 Å². The lowest BCUT2D eigenvalue weighted by Crippen LogP contribution is -2.14. The fourth-order valence-corrected chi connectivity index (χ4v) is 3.18. The number of nitrogens with zero attached hydrogens (tertiary/aromatic N) is 3. The molecular weight excluding hydrogens is 324 g/mol. The fraction of sp³-hybridized carbons (Fsp3) is 0.308. The maximum Gasteiger partial charge on any atom is 0.419 e. The zero-order valence-electron chi connectivity index (χ0n) is 12.0. The van der Waals surface area contributed by atoms with Gasteiger partial charge in [0.15, 0.2) is 5.58 Å². The Morgan fingerprint density at radius 1 is 1.35 bits per heavy atom. The van der Waals surface area contributed by atoms with E-state index in [4.69, 9.17) is 8.94 Å². The largest absolute Gasteiger partial charge is 0.419 e. The molecule has 4 rings (SSSR count). The summed E-state index contributed by atoms with van der Waals surface area (Å²) in [6.07, 6.45) is 1.94. The minimum Gasteiger partial charge on any atom is -0.408 e. The highest BCUT2D eigenvalue weighted by atomic mass is 32.2. The quantitative estimate of drug-likeness (QED) is 0.759. The Morgan fingerprint density at radius 3 is 2.87 bits per heavy atom. The lowest BCUT2D eigenvalue weighted by Gasteiger charge is -2.03. The number of aryl methyl sites for hydroxylation is 1. The van der Waals surface area contributed by atoms with Crippen molar-refractivity contribution < 1.29 is 17.4 Å². The van der Waals surface area contributed by atoms with Gasteiger partial charge in [0.1, 0.15) is 0 Å². The molecule has 10 heteroatoms. The Bertz CT molecular complexity index is 1060. The molecule has 120 valence electrons. The maximum absolute atomic E-state index is 12.4. The highest BCUT2D eigenvalue weighted by molar-refractivity contribution is 7.92. The molecule has 1 saturated carbocycles. The molecule has 0 spiro atoms. The first-order chi connectivity index (χ1) is 10.9. The highest BCUT2D eigenvalue weighted by Gasteiger charge is 2.30. The summed E-state index contributed by atoms with van der Waals surface area (Å²) in [5.41, 5.74) is 0.691. The molecule has 1 fully saturated rings. The Morgan fingerprint density at radius 2 is 2.13 bits per heavy atom. The molecule has 1 aromatic carbocycles. The molecule has 0 unspecified atom stereocenters. The third kappa shape index (κ3) is 2.40. The lowest BCUT2D eigenvalue weighted by atomic mass is 10.3. The molecule has 0 aliphatic heterocycles. The number of rotatable bonds is 4. The van der Waals surface area contributed by atoms with Gasteiger partial charge in [0, 0.05) is 19.0 Å². The molecule has 0 atom stereocenters. The van der Waals surface area contributed by atoms with Gasteiger partial charge in [-0.25, -0.2) is 17.9 Å². The van der Waals surface area contributed by atoms with Gasteiger partial charge < -0.3 is 8.94 Å². The van der Waals surface area contributed by atoms with Crippen LogP contribution in [0.3, 0.4) is 0 Å². The van der Waals surface area contributed by atoms with Crippen LogP contribution in [-0.2, 0) is 17.1 Å². The van der Waals surface area contributed by atoms with Crippen molar-refractivity contribution in [2.75, 3.05) is 4.72 Å². The van der Waals surface area contributed by atoms with E-state index in [-0.39, 0.29) is 22.3 Å². The molecule has 1 aliphatic carbocycles. The van der Waals surface area contributed by atoms with Crippen molar-refractivity contribution in [2.24, 2.45) is 7.05 Å². The molecule has 0 saturated heterocycles. The second kappa shape index (κ2) is 4.69. The second-order valence-corrected chi connectivity index (χ2v) is 7.07. The number of hydrogen-bond donors (Lipinski definition) is 1. The molecule has 23 heavy (non-hydrogen) atoms. The topological polar surface area (TPSA) is 120 Å². The monoisotopic (exact) mass is 336 g/mol. The van der Waals surface area contributed by atoms with E-state index < -0.39 is 15.8 Å². The van der Waals surface area contributed by atoms with Gasteiger partial charge in [-0.05, 0) is 30.1 Å². The van der Waals surface area contributed by atoms with Crippen LogP contribution in [0, 0.1) is 0 Å². The molecule has 0 radical (unpaired) electrons. The van der Waals surface area contributed by atoms with Gasteiger partial charge in [-0.3, -0.25) is 4.57 Å². The van der Waals surface area contributed by atoms with E-state index in [1.165, 1.54) is 22.8 Å². The first kappa shape index (κ1) is 14.0. The summed E-state index contributed by atoms with van der Waals surface area (Å²) in [5, 5.41) is 3.61. The van der Waals surface area contributed by atoms with Crippen LogP contribution in [0.2, 0.25) is 0 Å². The molecule has 1 N–H and O–H groups in total. The van der Waals surface area contributed by atoms with Gasteiger partial charge in [-0.1, -0.05) is 0 Å². The van der Waals surface area contributed by atoms with Crippen LogP contribution in [0.15, 0.2) is 36.8 Å². The van der Waals surface area contributed by atoms with Gasteiger partial charge >= 0.3 is 5.76 Å². The van der Waals surface area contributed by atoms with E-state index >= 15 is 0 Å². The summed E-state index contributed by atoms with van der Waals surface area (Å²) in [6, 6.07) is 4.16. The summed E-state index contributed by atoms with van der Waals surface area (Å²) in [6.45, 7) is 0. The number of nitrogens with one attached hydrogen (secondary N) is 1. The molecule has 1 aliphatic rings. The zero-order chi connectivity index (χ0) is 16.2. The van der Waals surface area contributed by atoms with Crippen LogP contribution >= 0.6 is 0 Å². The predicted molar refractivity (Wildman–Crippen MR) is 78.5 cm³/mol. The first-order valence-corrected chi connectivity index (χ1v) is 8.38. The highest BCUT2D eigenvalue weighted by Crippen LogP contribution is 2.39. The van der Waals surface area contributed by atoms with Crippen LogP contribution in [0.4, 0.5) is 5.95 Å². The average molecular weight is 336 g/mol. The second-order valence-electron chi connectivity index (χ2n) is 5.39. The van der Waals surface area contributed by atoms with E-state index in [0.717, 1.165) is 12.8 Å². The van der Waals surface area contributed by atoms with Gasteiger partial charge in [-0.15, -0.1) is 0 Å². The number of benzene rings is 1. The summed E-state index contributed by atoms with van der Waals surface area (Å²) in [4.78, 5) is 15.4. The minimum atomic E-state index is -3.91. The summed E-state index contributed by atoms with van der Waals surface area (Å²) < 4.78 is 38.3. The summed E-state index contributed by atoms with van der Waals surface area (Å²) in [5.74, 6) is -0.000770. The standard InChI is InChI=1S/C13H12N4O5S/c1-17-9-5-4-8(6-10(9)21-13(17)18)23(19,20)16-12-14-11(22-15-12)7-2-3-7/h4-7H,2-3H2,1H3,(H,15,16). The van der Waals surface area contributed by atoms with Crippen molar-refractivity contribution in [1.29, 1.82) is 0 Å². The van der Waals surface area contributed by atoms with Crippen molar-refractivity contribution in [3.63, 3.8) is 0 Å². The number of hydrogen-bond acceptors (Lipinski definition) is 7. The van der Waals surface area contributed by atoms with Crippen molar-refractivity contribution in [3.8, 4) is 0 Å². The Labute approximate surface area is 130 Å². The van der Waals surface area contributed by atoms with Crippen molar-refractivity contribution in [2.45, 2.75) is 23.7 Å². The third-order valence-electron chi connectivity index (χ3n) is 3.67. The minimum absolute atomic E-state index is 0.0582. The fourth-order valence-electron chi connectivity index (χ4n) is 2.23. The first-order valence-electron chi connectivity index (χ1n) is 6.90. The Kier molecular flexibility index (Phi) is 2.85. The average Bonchev–Trinajstić information content (AvgIpc) is 3.20. The van der Waals surface area contributed by atoms with Crippen LogP contribution in [0.1, 0.15) is 24.7 Å². The normalized spacial score (nSPS) is 15.2. The van der Waals surface area contributed by atoms with E-state index in [1.54, 1.807) is 7.05 Å². The Hall–Kier alpha value is -2.62. The van der Waals surface area contributed by atoms with Crippen LogP contribution in [-0.4, -0.2) is 23.1 Å².